The van der Waals surface area contributed by atoms with Crippen molar-refractivity contribution in [1.29, 1.82) is 0 Å². The minimum atomic E-state index is -0.145. The molecule has 158 valence electrons. The number of morpholine rings is 1. The van der Waals surface area contributed by atoms with E-state index in [1.807, 2.05) is 42.5 Å². The topological polar surface area (TPSA) is 80.2 Å². The zero-order chi connectivity index (χ0) is 21.0. The van der Waals surface area contributed by atoms with Gasteiger partial charge in [-0.1, -0.05) is 30.3 Å². The quantitative estimate of drug-likeness (QED) is 0.491. The number of amides is 2. The van der Waals surface area contributed by atoms with E-state index in [0.717, 1.165) is 11.3 Å². The summed E-state index contributed by atoms with van der Waals surface area (Å²) in [5.41, 5.74) is 4.53. The van der Waals surface area contributed by atoms with Crippen LogP contribution in [0.5, 0.6) is 5.75 Å². The van der Waals surface area contributed by atoms with Crippen LogP contribution in [0.4, 0.5) is 0 Å². The maximum Gasteiger partial charge on any atom is 0.260 e. The van der Waals surface area contributed by atoms with Gasteiger partial charge in [-0.15, -0.1) is 11.8 Å². The van der Waals surface area contributed by atoms with E-state index in [1.165, 1.54) is 5.56 Å². The summed E-state index contributed by atoms with van der Waals surface area (Å²) >= 11 is 1.54. The number of ether oxygens (including phenoxy) is 2. The molecule has 0 atom stereocenters. The summed E-state index contributed by atoms with van der Waals surface area (Å²) in [5.74, 6) is 1.55. The number of benzene rings is 2. The average Bonchev–Trinajstić information content (AvgIpc) is 2.79. The number of carbonyl (C=O) groups is 2. The van der Waals surface area contributed by atoms with E-state index in [4.69, 9.17) is 9.47 Å². The first kappa shape index (κ1) is 21.9. The maximum atomic E-state index is 12.1. The highest BCUT2D eigenvalue weighted by Crippen LogP contribution is 2.12. The molecule has 0 saturated carbocycles. The summed E-state index contributed by atoms with van der Waals surface area (Å²) in [6.45, 7) is 2.36. The van der Waals surface area contributed by atoms with Crippen LogP contribution in [-0.2, 0) is 20.1 Å². The summed E-state index contributed by atoms with van der Waals surface area (Å²) < 4.78 is 10.8. The first-order valence-corrected chi connectivity index (χ1v) is 10.9. The zero-order valence-electron chi connectivity index (χ0n) is 16.7. The Morgan fingerprint density at radius 2 is 1.83 bits per heavy atom. The number of hydrazone groups is 1. The minimum Gasteiger partial charge on any atom is -0.484 e. The van der Waals surface area contributed by atoms with Crippen molar-refractivity contribution in [3.05, 3.63) is 65.7 Å². The molecule has 0 aromatic heterocycles. The molecular weight excluding hydrogens is 402 g/mol. The molecule has 1 fully saturated rings. The van der Waals surface area contributed by atoms with Gasteiger partial charge in [0.1, 0.15) is 5.75 Å². The first-order valence-electron chi connectivity index (χ1n) is 9.73. The van der Waals surface area contributed by atoms with Crippen molar-refractivity contribution in [2.24, 2.45) is 5.10 Å². The average molecular weight is 428 g/mol. The van der Waals surface area contributed by atoms with E-state index in [2.05, 4.69) is 10.5 Å². The molecule has 0 bridgehead atoms. The fourth-order valence-electron chi connectivity index (χ4n) is 2.75. The summed E-state index contributed by atoms with van der Waals surface area (Å²) in [7, 11) is 0. The molecule has 2 amide bonds. The van der Waals surface area contributed by atoms with Gasteiger partial charge in [0.15, 0.2) is 6.61 Å². The van der Waals surface area contributed by atoms with Crippen LogP contribution in [0.2, 0.25) is 0 Å². The zero-order valence-corrected chi connectivity index (χ0v) is 17.5. The van der Waals surface area contributed by atoms with Crippen molar-refractivity contribution in [1.82, 2.24) is 10.3 Å². The van der Waals surface area contributed by atoms with Gasteiger partial charge in [0.2, 0.25) is 5.91 Å². The molecule has 8 heteroatoms. The van der Waals surface area contributed by atoms with Crippen LogP contribution < -0.4 is 10.2 Å². The predicted octanol–water partition coefficient (Wildman–Crippen LogP) is 2.31. The molecular formula is C22H25N3O4S. The fraction of sp³-hybridized carbons (Fsp3) is 0.318. The Kier molecular flexibility index (Phi) is 8.74. The SMILES string of the molecule is O=C(CSCc1ccccc1)N/N=C/c1ccc(OCC(=O)N2CCOCC2)cc1. The van der Waals surface area contributed by atoms with Gasteiger partial charge in [-0.25, -0.2) is 5.43 Å². The lowest BCUT2D eigenvalue weighted by Crippen LogP contribution is -2.42. The van der Waals surface area contributed by atoms with Gasteiger partial charge < -0.3 is 14.4 Å². The third-order valence-corrected chi connectivity index (χ3v) is 5.36. The van der Waals surface area contributed by atoms with Gasteiger partial charge in [-0.2, -0.15) is 5.10 Å². The molecule has 0 unspecified atom stereocenters. The molecule has 1 heterocycles. The predicted molar refractivity (Wildman–Crippen MR) is 118 cm³/mol. The number of carbonyl (C=O) groups excluding carboxylic acids is 2. The van der Waals surface area contributed by atoms with E-state index in [1.54, 1.807) is 35.0 Å². The van der Waals surface area contributed by atoms with Gasteiger partial charge in [0, 0.05) is 18.8 Å². The monoisotopic (exact) mass is 427 g/mol. The van der Waals surface area contributed by atoms with Crippen molar-refractivity contribution in [2.75, 3.05) is 38.7 Å². The molecule has 2 aromatic rings. The van der Waals surface area contributed by atoms with E-state index < -0.39 is 0 Å². The van der Waals surface area contributed by atoms with E-state index in [9.17, 15) is 9.59 Å². The third-order valence-electron chi connectivity index (χ3n) is 4.35. The largest absolute Gasteiger partial charge is 0.484 e. The third kappa shape index (κ3) is 7.53. The molecule has 0 aliphatic carbocycles. The molecule has 3 rings (SSSR count). The van der Waals surface area contributed by atoms with Crippen LogP contribution in [0.25, 0.3) is 0 Å². The normalized spacial score (nSPS) is 13.9. The minimum absolute atomic E-state index is 0.00411. The fourth-order valence-corrected chi connectivity index (χ4v) is 3.53. The molecule has 30 heavy (non-hydrogen) atoms. The van der Waals surface area contributed by atoms with Crippen LogP contribution in [0.15, 0.2) is 59.7 Å². The Morgan fingerprint density at radius 1 is 1.10 bits per heavy atom. The maximum absolute atomic E-state index is 12.1. The Morgan fingerprint density at radius 3 is 2.57 bits per heavy atom. The second kappa shape index (κ2) is 12.0. The van der Waals surface area contributed by atoms with E-state index >= 15 is 0 Å². The van der Waals surface area contributed by atoms with Gasteiger partial charge >= 0.3 is 0 Å². The molecule has 2 aromatic carbocycles. The highest BCUT2D eigenvalue weighted by Gasteiger charge is 2.17. The summed E-state index contributed by atoms with van der Waals surface area (Å²) in [6, 6.07) is 17.2. The van der Waals surface area contributed by atoms with Crippen molar-refractivity contribution in [3.8, 4) is 5.75 Å². The van der Waals surface area contributed by atoms with Gasteiger partial charge in [0.25, 0.3) is 5.91 Å². The Balaban J connectivity index is 1.34. The lowest BCUT2D eigenvalue weighted by molar-refractivity contribution is -0.137. The van der Waals surface area contributed by atoms with Gasteiger partial charge in [-0.05, 0) is 35.4 Å². The molecule has 7 nitrogen and oxygen atoms in total. The molecule has 0 spiro atoms. The Bertz CT molecular complexity index is 837. The first-order chi connectivity index (χ1) is 14.7. The molecule has 0 radical (unpaired) electrons. The lowest BCUT2D eigenvalue weighted by atomic mass is 10.2. The van der Waals surface area contributed by atoms with Crippen molar-refractivity contribution < 1.29 is 19.1 Å². The molecule has 1 aliphatic rings. The number of thioether (sulfide) groups is 1. The van der Waals surface area contributed by atoms with Crippen LogP contribution in [-0.4, -0.2) is 61.6 Å². The number of rotatable bonds is 9. The van der Waals surface area contributed by atoms with Crippen LogP contribution >= 0.6 is 11.8 Å². The lowest BCUT2D eigenvalue weighted by Gasteiger charge is -2.26. The highest BCUT2D eigenvalue weighted by molar-refractivity contribution is 7.99. The summed E-state index contributed by atoms with van der Waals surface area (Å²) in [5, 5.41) is 3.98. The standard InChI is InChI=1S/C22H25N3O4S/c26-21(17-30-16-19-4-2-1-3-5-19)24-23-14-18-6-8-20(9-7-18)29-15-22(27)25-10-12-28-13-11-25/h1-9,14H,10-13,15-17H2,(H,24,26)/b23-14+. The van der Waals surface area contributed by atoms with Crippen molar-refractivity contribution >= 4 is 29.8 Å². The number of nitrogens with zero attached hydrogens (tertiary/aromatic N) is 2. The van der Waals surface area contributed by atoms with Crippen LogP contribution in [0.3, 0.4) is 0 Å². The smallest absolute Gasteiger partial charge is 0.260 e. The Labute approximate surface area is 180 Å². The number of hydrogen-bond donors (Lipinski definition) is 1. The second-order valence-electron chi connectivity index (χ2n) is 6.62. The highest BCUT2D eigenvalue weighted by atomic mass is 32.2. The molecule has 1 aliphatic heterocycles. The van der Waals surface area contributed by atoms with E-state index in [-0.39, 0.29) is 18.4 Å². The van der Waals surface area contributed by atoms with Gasteiger partial charge in [0.05, 0.1) is 25.2 Å². The van der Waals surface area contributed by atoms with E-state index in [0.29, 0.717) is 37.8 Å². The number of hydrogen-bond acceptors (Lipinski definition) is 6. The van der Waals surface area contributed by atoms with Crippen molar-refractivity contribution in [3.63, 3.8) is 0 Å². The van der Waals surface area contributed by atoms with Crippen molar-refractivity contribution in [2.45, 2.75) is 5.75 Å². The Hall–Kier alpha value is -2.84. The van der Waals surface area contributed by atoms with Crippen LogP contribution in [0, 0.1) is 0 Å². The summed E-state index contributed by atoms with van der Waals surface area (Å²) in [6.07, 6.45) is 1.57. The second-order valence-corrected chi connectivity index (χ2v) is 7.61. The van der Waals surface area contributed by atoms with Crippen LogP contribution in [0.1, 0.15) is 11.1 Å². The summed E-state index contributed by atoms with van der Waals surface area (Å²) in [4.78, 5) is 25.7. The molecule has 1 saturated heterocycles. The number of nitrogens with one attached hydrogen (secondary N) is 1. The molecule has 1 N–H and O–H groups in total. The van der Waals surface area contributed by atoms with Gasteiger partial charge in [-0.3, -0.25) is 9.59 Å².